The highest BCUT2D eigenvalue weighted by molar-refractivity contribution is 7.99. The van der Waals surface area contributed by atoms with Crippen molar-refractivity contribution in [2.24, 2.45) is 5.92 Å². The number of hydrogen-bond acceptors (Lipinski definition) is 4. The molecule has 0 N–H and O–H groups in total. The van der Waals surface area contributed by atoms with Crippen LogP contribution in [0.15, 0.2) is 76.6 Å². The van der Waals surface area contributed by atoms with Gasteiger partial charge in [0.25, 0.3) is 0 Å². The van der Waals surface area contributed by atoms with Gasteiger partial charge in [0, 0.05) is 33.6 Å². The normalized spacial score (nSPS) is 12.7. The summed E-state index contributed by atoms with van der Waals surface area (Å²) in [5.41, 5.74) is 1.62. The highest BCUT2D eigenvalue weighted by atomic mass is 32.2. The first-order valence-corrected chi connectivity index (χ1v) is 9.90. The minimum atomic E-state index is -4.33. The van der Waals surface area contributed by atoms with Crippen molar-refractivity contribution in [3.05, 3.63) is 67.3 Å². The fraction of sp³-hybridized carbons (Fsp3) is 0.227. The first-order valence-electron chi connectivity index (χ1n) is 8.92. The summed E-state index contributed by atoms with van der Waals surface area (Å²) in [4.78, 5) is 12.0. The molecule has 3 nitrogen and oxygen atoms in total. The molecule has 0 bridgehead atoms. The molecule has 3 rings (SSSR count). The summed E-state index contributed by atoms with van der Waals surface area (Å²) in [5, 5.41) is 0.917. The van der Waals surface area contributed by atoms with Crippen molar-refractivity contribution in [2.45, 2.75) is 17.5 Å². The first kappa shape index (κ1) is 21.0. The number of hydrogen-bond donors (Lipinski definition) is 0. The summed E-state index contributed by atoms with van der Waals surface area (Å²) in [7, 11) is 0. The molecule has 0 saturated carbocycles. The van der Waals surface area contributed by atoms with E-state index in [0.29, 0.717) is 5.58 Å². The zero-order chi connectivity index (χ0) is 20.9. The molecule has 0 radical (unpaired) electrons. The number of thioether (sulfide) groups is 1. The molecule has 1 heterocycles. The Bertz CT molecular complexity index is 980. The van der Waals surface area contributed by atoms with E-state index in [1.807, 2.05) is 54.6 Å². The molecule has 2 aromatic carbocycles. The second-order valence-corrected chi connectivity index (χ2v) is 7.60. The quantitative estimate of drug-likeness (QED) is 0.237. The Balaban J connectivity index is 1.70. The van der Waals surface area contributed by atoms with Gasteiger partial charge in [0.1, 0.15) is 11.3 Å². The SMILES string of the molecule is C=CC(=O)OCC(CSc1ccc2cc(-c3ccccc3)oc2c1)CC(F)(F)F. The summed E-state index contributed by atoms with van der Waals surface area (Å²) in [6.07, 6.45) is -4.42. The molecule has 1 unspecified atom stereocenters. The lowest BCUT2D eigenvalue weighted by Crippen LogP contribution is -2.22. The molecule has 0 aliphatic carbocycles. The third-order valence-electron chi connectivity index (χ3n) is 4.18. The predicted molar refractivity (Wildman–Crippen MR) is 108 cm³/mol. The van der Waals surface area contributed by atoms with E-state index >= 15 is 0 Å². The number of fused-ring (bicyclic) bond motifs is 1. The van der Waals surface area contributed by atoms with Gasteiger partial charge in [0.2, 0.25) is 0 Å². The summed E-state index contributed by atoms with van der Waals surface area (Å²) in [6, 6.07) is 17.1. The third-order valence-corrected chi connectivity index (χ3v) is 5.41. The Labute approximate surface area is 170 Å². The molecular weight excluding hydrogens is 401 g/mol. The number of halogens is 3. The van der Waals surface area contributed by atoms with Crippen LogP contribution in [0.5, 0.6) is 0 Å². The van der Waals surface area contributed by atoms with E-state index in [2.05, 4.69) is 6.58 Å². The summed E-state index contributed by atoms with van der Waals surface area (Å²) in [5.74, 6) is -0.695. The van der Waals surface area contributed by atoms with Gasteiger partial charge < -0.3 is 9.15 Å². The van der Waals surface area contributed by atoms with Crippen molar-refractivity contribution in [3.63, 3.8) is 0 Å². The molecule has 29 heavy (non-hydrogen) atoms. The van der Waals surface area contributed by atoms with Crippen LogP contribution < -0.4 is 0 Å². The standard InChI is InChI=1S/C22H19F3O3S/c1-2-21(26)27-13-15(12-22(23,24)25)14-29-18-9-8-17-10-19(28-20(17)11-18)16-6-4-3-5-7-16/h2-11,15H,1,12-14H2. The van der Waals surface area contributed by atoms with E-state index in [0.717, 1.165) is 27.7 Å². The summed E-state index contributed by atoms with van der Waals surface area (Å²) in [6.45, 7) is 2.94. The van der Waals surface area contributed by atoms with Gasteiger partial charge in [0.15, 0.2) is 0 Å². The van der Waals surface area contributed by atoms with Crippen molar-refractivity contribution in [1.29, 1.82) is 0 Å². The molecule has 1 atom stereocenters. The summed E-state index contributed by atoms with van der Waals surface area (Å²) >= 11 is 1.27. The highest BCUT2D eigenvalue weighted by Crippen LogP contribution is 2.33. The number of benzene rings is 2. The lowest BCUT2D eigenvalue weighted by molar-refractivity contribution is -0.153. The van der Waals surface area contributed by atoms with Crippen molar-refractivity contribution >= 4 is 28.7 Å². The predicted octanol–water partition coefficient (Wildman–Crippen LogP) is 6.49. The van der Waals surface area contributed by atoms with E-state index in [9.17, 15) is 18.0 Å². The van der Waals surface area contributed by atoms with Gasteiger partial charge in [-0.25, -0.2) is 4.79 Å². The monoisotopic (exact) mass is 420 g/mol. The van der Waals surface area contributed by atoms with E-state index in [1.165, 1.54) is 11.8 Å². The van der Waals surface area contributed by atoms with Crippen LogP contribution in [0.4, 0.5) is 13.2 Å². The molecule has 152 valence electrons. The zero-order valence-corrected chi connectivity index (χ0v) is 16.3. The molecule has 0 aliphatic rings. The molecule has 7 heteroatoms. The number of alkyl halides is 3. The molecule has 0 aliphatic heterocycles. The molecule has 0 saturated heterocycles. The Kier molecular flexibility index (Phi) is 6.69. The van der Waals surface area contributed by atoms with Crippen molar-refractivity contribution in [3.8, 4) is 11.3 Å². The van der Waals surface area contributed by atoms with Gasteiger partial charge in [-0.15, -0.1) is 11.8 Å². The second-order valence-electron chi connectivity index (χ2n) is 6.51. The van der Waals surface area contributed by atoms with Crippen LogP contribution in [-0.2, 0) is 9.53 Å². The lowest BCUT2D eigenvalue weighted by Gasteiger charge is -2.18. The second kappa shape index (κ2) is 9.22. The minimum Gasteiger partial charge on any atom is -0.462 e. The van der Waals surface area contributed by atoms with Gasteiger partial charge >= 0.3 is 12.1 Å². The van der Waals surface area contributed by atoms with E-state index in [-0.39, 0.29) is 12.4 Å². The molecule has 0 fully saturated rings. The number of furan rings is 1. The topological polar surface area (TPSA) is 39.4 Å². The largest absolute Gasteiger partial charge is 0.462 e. The average Bonchev–Trinajstić information content (AvgIpc) is 3.13. The third kappa shape index (κ3) is 6.15. The Hall–Kier alpha value is -2.67. The fourth-order valence-corrected chi connectivity index (χ4v) is 3.81. The number of ether oxygens (including phenoxy) is 1. The first-order chi connectivity index (χ1) is 13.8. The van der Waals surface area contributed by atoms with Crippen LogP contribution in [0.3, 0.4) is 0 Å². The van der Waals surface area contributed by atoms with Gasteiger partial charge in [-0.1, -0.05) is 36.9 Å². The van der Waals surface area contributed by atoms with E-state index in [1.54, 1.807) is 0 Å². The summed E-state index contributed by atoms with van der Waals surface area (Å²) < 4.78 is 49.2. The smallest absolute Gasteiger partial charge is 0.389 e. The van der Waals surface area contributed by atoms with Crippen LogP contribution in [0.25, 0.3) is 22.3 Å². The van der Waals surface area contributed by atoms with E-state index < -0.39 is 24.5 Å². The Morgan fingerprint density at radius 1 is 1.17 bits per heavy atom. The average molecular weight is 420 g/mol. The highest BCUT2D eigenvalue weighted by Gasteiger charge is 2.32. The van der Waals surface area contributed by atoms with Crippen molar-refractivity contribution in [1.82, 2.24) is 0 Å². The Morgan fingerprint density at radius 3 is 2.62 bits per heavy atom. The zero-order valence-electron chi connectivity index (χ0n) is 15.4. The van der Waals surface area contributed by atoms with Crippen molar-refractivity contribution in [2.75, 3.05) is 12.4 Å². The number of carbonyl (C=O) groups excluding carboxylic acids is 1. The van der Waals surface area contributed by atoms with Gasteiger partial charge in [-0.3, -0.25) is 0 Å². The fourth-order valence-electron chi connectivity index (χ4n) is 2.81. The maximum Gasteiger partial charge on any atom is 0.389 e. The molecular formula is C22H19F3O3S. The van der Waals surface area contributed by atoms with Crippen LogP contribution in [0, 0.1) is 5.92 Å². The Morgan fingerprint density at radius 2 is 1.93 bits per heavy atom. The van der Waals surface area contributed by atoms with E-state index in [4.69, 9.17) is 9.15 Å². The van der Waals surface area contributed by atoms with Crippen molar-refractivity contribution < 1.29 is 27.1 Å². The maximum atomic E-state index is 12.8. The van der Waals surface area contributed by atoms with Crippen LogP contribution >= 0.6 is 11.8 Å². The lowest BCUT2D eigenvalue weighted by atomic mass is 10.1. The molecule has 0 amide bonds. The number of rotatable bonds is 8. The van der Waals surface area contributed by atoms with Gasteiger partial charge in [-0.2, -0.15) is 13.2 Å². The number of carbonyl (C=O) groups is 1. The van der Waals surface area contributed by atoms with Gasteiger partial charge in [-0.05, 0) is 24.3 Å². The maximum absolute atomic E-state index is 12.8. The molecule has 1 aromatic heterocycles. The van der Waals surface area contributed by atoms with Crippen LogP contribution in [0.2, 0.25) is 0 Å². The van der Waals surface area contributed by atoms with Crippen LogP contribution in [0.1, 0.15) is 6.42 Å². The molecule has 3 aromatic rings. The minimum absolute atomic E-state index is 0.154. The van der Waals surface area contributed by atoms with Crippen LogP contribution in [-0.4, -0.2) is 24.5 Å². The number of esters is 1. The molecule has 0 spiro atoms. The van der Waals surface area contributed by atoms with Gasteiger partial charge in [0.05, 0.1) is 13.0 Å².